The molecule has 6 atom stereocenters. The van der Waals surface area contributed by atoms with Crippen molar-refractivity contribution in [2.75, 3.05) is 6.61 Å². The molecule has 1 aliphatic heterocycles. The Kier molecular flexibility index (Phi) is 6.91. The van der Waals surface area contributed by atoms with Gasteiger partial charge in [0.25, 0.3) is 0 Å². The molecule has 7 fully saturated rings. The number of hydrogen-bond donors (Lipinski definition) is 0. The maximum Gasteiger partial charge on any atom is 0.367 e. The van der Waals surface area contributed by atoms with Crippen LogP contribution < -0.4 is 0 Å². The van der Waals surface area contributed by atoms with E-state index in [1.807, 2.05) is 6.92 Å². The molecule has 14 heteroatoms. The van der Waals surface area contributed by atoms with Crippen LogP contribution in [0.1, 0.15) is 64.7 Å². The molecule has 1 saturated heterocycles. The van der Waals surface area contributed by atoms with Crippen molar-refractivity contribution in [3.8, 4) is 0 Å². The zero-order chi connectivity index (χ0) is 29.5. The summed E-state index contributed by atoms with van der Waals surface area (Å²) in [7, 11) is -5.99. The first-order valence-corrected chi connectivity index (χ1v) is 15.7. The Morgan fingerprint density at radius 1 is 1.00 bits per heavy atom. The van der Waals surface area contributed by atoms with Gasteiger partial charge < -0.3 is 23.5 Å². The molecule has 11 nitrogen and oxygen atoms in total. The minimum Gasteiger partial charge on any atom is -0.743 e. The molecule has 0 radical (unpaired) electrons. The fourth-order valence-electron chi connectivity index (χ4n) is 8.94. The van der Waals surface area contributed by atoms with Crippen molar-refractivity contribution in [1.82, 2.24) is 0 Å². The molecule has 0 N–H and O–H groups in total. The summed E-state index contributed by atoms with van der Waals surface area (Å²) < 4.78 is 79.4. The normalized spacial score (nSPS) is 41.8. The van der Waals surface area contributed by atoms with E-state index >= 15 is 0 Å². The average Bonchev–Trinajstić information content (AvgIpc) is 3.49. The minimum absolute atomic E-state index is 0.157. The van der Waals surface area contributed by atoms with Crippen molar-refractivity contribution in [2.45, 2.75) is 87.8 Å². The lowest BCUT2D eigenvalue weighted by Gasteiger charge is -2.59. The molecule has 6 bridgehead atoms. The zero-order valence-electron chi connectivity index (χ0n) is 22.5. The number of halogens is 2. The smallest absolute Gasteiger partial charge is 0.367 e. The number of ether oxygens (including phenoxy) is 4. The number of esters is 4. The van der Waals surface area contributed by atoms with Crippen molar-refractivity contribution >= 4 is 34.0 Å². The van der Waals surface area contributed by atoms with Gasteiger partial charge in [0.05, 0.1) is 11.8 Å². The van der Waals surface area contributed by atoms with Gasteiger partial charge in [0, 0.05) is 24.7 Å². The molecule has 0 aromatic carbocycles. The van der Waals surface area contributed by atoms with Crippen LogP contribution in [0.15, 0.2) is 0 Å². The van der Waals surface area contributed by atoms with Crippen LogP contribution >= 0.6 is 0 Å². The van der Waals surface area contributed by atoms with Crippen LogP contribution in [0.5, 0.6) is 0 Å². The molecule has 7 aliphatic rings. The Labute approximate surface area is 235 Å². The lowest BCUT2D eigenvalue weighted by Crippen LogP contribution is -2.59. The summed E-state index contributed by atoms with van der Waals surface area (Å²) in [4.78, 5) is 50.7. The molecule has 0 aromatic heterocycles. The van der Waals surface area contributed by atoms with E-state index in [1.165, 1.54) is 6.42 Å². The van der Waals surface area contributed by atoms with E-state index in [2.05, 4.69) is 4.74 Å². The summed E-state index contributed by atoms with van der Waals surface area (Å²) in [5.74, 6) is -2.98. The molecular weight excluding hydrogens is 570 g/mol. The molecular formula is C27H33F2O11S-. The third kappa shape index (κ3) is 4.82. The Balaban J connectivity index is 1.04. The van der Waals surface area contributed by atoms with Crippen molar-refractivity contribution < 1.29 is 59.9 Å². The van der Waals surface area contributed by atoms with E-state index in [9.17, 15) is 40.9 Å². The van der Waals surface area contributed by atoms with Crippen molar-refractivity contribution in [1.29, 1.82) is 0 Å². The Morgan fingerprint density at radius 3 is 2.22 bits per heavy atom. The van der Waals surface area contributed by atoms with E-state index in [-0.39, 0.29) is 18.8 Å². The largest absolute Gasteiger partial charge is 0.743 e. The highest BCUT2D eigenvalue weighted by Gasteiger charge is 2.71. The number of carbonyl (C=O) groups excluding carboxylic acids is 4. The molecule has 6 unspecified atom stereocenters. The summed E-state index contributed by atoms with van der Waals surface area (Å²) in [6.45, 7) is 0.116. The highest BCUT2D eigenvalue weighted by atomic mass is 32.2. The number of hydrogen-bond acceptors (Lipinski definition) is 11. The van der Waals surface area contributed by atoms with Crippen molar-refractivity contribution in [2.24, 2.45) is 47.3 Å². The monoisotopic (exact) mass is 603 g/mol. The summed E-state index contributed by atoms with van der Waals surface area (Å²) in [6, 6.07) is 0. The number of rotatable bonds is 10. The van der Waals surface area contributed by atoms with Crippen molar-refractivity contribution in [3.05, 3.63) is 0 Å². The molecule has 1 heterocycles. The fourth-order valence-corrected chi connectivity index (χ4v) is 9.14. The summed E-state index contributed by atoms with van der Waals surface area (Å²) >= 11 is 0. The SMILES string of the molecule is CC1(OC(=O)C2C3CC4C(OC(=O)C42)C3OC(=O)CCCC(=O)OCC(F)(F)S(=O)(=O)[O-])C2CC3CC(C2)CC1C3. The van der Waals surface area contributed by atoms with Crippen LogP contribution in [-0.2, 0) is 48.2 Å². The van der Waals surface area contributed by atoms with Crippen LogP contribution in [0.25, 0.3) is 0 Å². The third-order valence-corrected chi connectivity index (χ3v) is 11.5. The average molecular weight is 604 g/mol. The summed E-state index contributed by atoms with van der Waals surface area (Å²) in [5, 5.41) is -4.76. The van der Waals surface area contributed by atoms with Gasteiger partial charge in [0.15, 0.2) is 16.7 Å². The summed E-state index contributed by atoms with van der Waals surface area (Å²) in [6.07, 6.45) is 3.48. The quantitative estimate of drug-likeness (QED) is 0.205. The zero-order valence-corrected chi connectivity index (χ0v) is 23.3. The number of fused-ring (bicyclic) bond motifs is 1. The highest BCUT2D eigenvalue weighted by molar-refractivity contribution is 7.86. The van der Waals surface area contributed by atoms with Crippen LogP contribution in [-0.4, -0.2) is 66.5 Å². The Hall–Kier alpha value is -2.35. The predicted octanol–water partition coefficient (Wildman–Crippen LogP) is 2.32. The standard InChI is InChI=1S/C27H34F2O11S/c1-26(14-6-12-5-13(8-14)9-15(26)7-12)40-25(33)21-17-10-16-20(21)24(32)39-23(16)22(17)38-19(31)4-2-3-18(30)37-11-27(28,29)41(34,35)36/h12-17,20-23H,2-11H2,1H3,(H,34,35,36)/p-1. The molecule has 6 aliphatic carbocycles. The van der Waals surface area contributed by atoms with E-state index in [4.69, 9.17) is 14.2 Å². The van der Waals surface area contributed by atoms with E-state index in [0.717, 1.165) is 25.7 Å². The lowest BCUT2D eigenvalue weighted by molar-refractivity contribution is -0.211. The molecule has 0 aromatic rings. The maximum atomic E-state index is 13.7. The van der Waals surface area contributed by atoms with Crippen LogP contribution in [0.4, 0.5) is 8.78 Å². The Bertz CT molecular complexity index is 1220. The highest BCUT2D eigenvalue weighted by Crippen LogP contribution is 2.62. The van der Waals surface area contributed by atoms with Gasteiger partial charge >= 0.3 is 29.1 Å². The number of alkyl halides is 2. The summed E-state index contributed by atoms with van der Waals surface area (Å²) in [5.41, 5.74) is -0.573. The Morgan fingerprint density at radius 2 is 1.61 bits per heavy atom. The second-order valence-electron chi connectivity index (χ2n) is 13.0. The third-order valence-electron chi connectivity index (χ3n) is 10.7. The molecule has 6 saturated carbocycles. The van der Waals surface area contributed by atoms with Crippen LogP contribution in [0.2, 0.25) is 0 Å². The van der Waals surface area contributed by atoms with Gasteiger partial charge in [0.1, 0.15) is 17.8 Å². The minimum atomic E-state index is -5.99. The second-order valence-corrected chi connectivity index (χ2v) is 14.5. The molecule has 0 spiro atoms. The van der Waals surface area contributed by atoms with Gasteiger partial charge in [-0.1, -0.05) is 0 Å². The van der Waals surface area contributed by atoms with Gasteiger partial charge in [-0.25, -0.2) is 8.42 Å². The first-order chi connectivity index (χ1) is 19.2. The van der Waals surface area contributed by atoms with Gasteiger partial charge in [-0.05, 0) is 75.5 Å². The topological polar surface area (TPSA) is 162 Å². The van der Waals surface area contributed by atoms with Crippen LogP contribution in [0, 0.1) is 47.3 Å². The van der Waals surface area contributed by atoms with Crippen molar-refractivity contribution in [3.63, 3.8) is 0 Å². The van der Waals surface area contributed by atoms with E-state index in [1.54, 1.807) is 0 Å². The molecule has 228 valence electrons. The fraction of sp³-hybridized carbons (Fsp3) is 0.852. The number of carbonyl (C=O) groups is 4. The molecule has 41 heavy (non-hydrogen) atoms. The van der Waals surface area contributed by atoms with Gasteiger partial charge in [-0.2, -0.15) is 8.78 Å². The second kappa shape index (κ2) is 9.85. The molecule has 7 rings (SSSR count). The van der Waals surface area contributed by atoms with Gasteiger partial charge in [-0.15, -0.1) is 0 Å². The molecule has 0 amide bonds. The lowest BCUT2D eigenvalue weighted by atomic mass is 9.50. The van der Waals surface area contributed by atoms with Crippen LogP contribution in [0.3, 0.4) is 0 Å². The predicted molar refractivity (Wildman–Crippen MR) is 129 cm³/mol. The first-order valence-electron chi connectivity index (χ1n) is 14.3. The van der Waals surface area contributed by atoms with Gasteiger partial charge in [0.2, 0.25) is 0 Å². The van der Waals surface area contributed by atoms with E-state index in [0.29, 0.717) is 30.1 Å². The van der Waals surface area contributed by atoms with E-state index < -0.39 is 87.8 Å². The van der Waals surface area contributed by atoms with Gasteiger partial charge in [-0.3, -0.25) is 19.2 Å². The first kappa shape index (κ1) is 28.8. The maximum absolute atomic E-state index is 13.7.